The minimum Gasteiger partial charge on any atom is -0.311 e. The lowest BCUT2D eigenvalue weighted by Crippen LogP contribution is -2.41. The van der Waals surface area contributed by atoms with Crippen LogP contribution >= 0.6 is 11.3 Å². The molecular formula is C14H23NS. The van der Waals surface area contributed by atoms with Crippen LogP contribution in [0.2, 0.25) is 0 Å². The smallest absolute Gasteiger partial charge is 0.0230 e. The second kappa shape index (κ2) is 5.33. The molecule has 2 rings (SSSR count). The van der Waals surface area contributed by atoms with Crippen molar-refractivity contribution in [2.45, 2.75) is 57.9 Å². The van der Waals surface area contributed by atoms with Gasteiger partial charge in [0.2, 0.25) is 0 Å². The van der Waals surface area contributed by atoms with Crippen molar-refractivity contribution in [3.8, 4) is 0 Å². The average Bonchev–Trinajstić information content (AvgIpc) is 2.89. The van der Waals surface area contributed by atoms with E-state index in [2.05, 4.69) is 31.3 Å². The Morgan fingerprint density at radius 1 is 1.31 bits per heavy atom. The van der Waals surface area contributed by atoms with E-state index < -0.39 is 0 Å². The van der Waals surface area contributed by atoms with Crippen molar-refractivity contribution in [3.63, 3.8) is 0 Å². The summed E-state index contributed by atoms with van der Waals surface area (Å²) in [5.41, 5.74) is 0.421. The molecule has 1 N–H and O–H groups in total. The predicted molar refractivity (Wildman–Crippen MR) is 72.3 cm³/mol. The summed E-state index contributed by atoms with van der Waals surface area (Å²) in [6.07, 6.45) is 7.75. The third kappa shape index (κ3) is 2.67. The first-order valence-electron chi connectivity index (χ1n) is 6.60. The highest BCUT2D eigenvalue weighted by Gasteiger charge is 2.32. The van der Waals surface area contributed by atoms with Gasteiger partial charge in [0.25, 0.3) is 0 Å². The van der Waals surface area contributed by atoms with Gasteiger partial charge < -0.3 is 5.32 Å². The lowest BCUT2D eigenvalue weighted by atomic mass is 9.88. The van der Waals surface area contributed by atoms with E-state index in [9.17, 15) is 0 Å². The molecule has 1 aliphatic heterocycles. The molecule has 1 atom stereocenters. The zero-order valence-electron chi connectivity index (χ0n) is 10.5. The largest absolute Gasteiger partial charge is 0.311 e. The van der Waals surface area contributed by atoms with Crippen LogP contribution < -0.4 is 5.32 Å². The maximum atomic E-state index is 3.75. The van der Waals surface area contributed by atoms with E-state index in [0.717, 1.165) is 0 Å². The summed E-state index contributed by atoms with van der Waals surface area (Å²) in [6.45, 7) is 5.75. The van der Waals surface area contributed by atoms with E-state index in [0.29, 0.717) is 5.54 Å². The van der Waals surface area contributed by atoms with E-state index in [1.807, 2.05) is 11.3 Å². The normalized spacial score (nSPS) is 25.1. The lowest BCUT2D eigenvalue weighted by Gasteiger charge is -2.28. The fourth-order valence-electron chi connectivity index (χ4n) is 2.84. The Bertz CT molecular complexity index is 323. The van der Waals surface area contributed by atoms with Crippen LogP contribution in [0.3, 0.4) is 0 Å². The second-order valence-electron chi connectivity index (χ2n) is 4.96. The van der Waals surface area contributed by atoms with Gasteiger partial charge in [-0.15, -0.1) is 11.3 Å². The topological polar surface area (TPSA) is 12.0 Å². The molecular weight excluding hydrogens is 214 g/mol. The van der Waals surface area contributed by atoms with Gasteiger partial charge in [-0.3, -0.25) is 0 Å². The van der Waals surface area contributed by atoms with Crippen molar-refractivity contribution in [3.05, 3.63) is 21.9 Å². The zero-order valence-corrected chi connectivity index (χ0v) is 11.3. The molecule has 1 saturated heterocycles. The summed E-state index contributed by atoms with van der Waals surface area (Å²) in [5.74, 6) is 0. The zero-order chi connectivity index (χ0) is 11.4. The van der Waals surface area contributed by atoms with Crippen LogP contribution in [0.1, 0.15) is 49.3 Å². The van der Waals surface area contributed by atoms with E-state index in [1.165, 1.54) is 49.9 Å². The van der Waals surface area contributed by atoms with Gasteiger partial charge in [-0.1, -0.05) is 20.3 Å². The molecule has 2 heteroatoms. The van der Waals surface area contributed by atoms with Gasteiger partial charge in [0.15, 0.2) is 0 Å². The van der Waals surface area contributed by atoms with Crippen LogP contribution in [-0.4, -0.2) is 12.1 Å². The molecule has 1 aromatic rings. The van der Waals surface area contributed by atoms with Gasteiger partial charge in [-0.25, -0.2) is 0 Å². The van der Waals surface area contributed by atoms with Gasteiger partial charge >= 0.3 is 0 Å². The quantitative estimate of drug-likeness (QED) is 0.822. The lowest BCUT2D eigenvalue weighted by molar-refractivity contribution is 0.344. The molecule has 0 radical (unpaired) electrons. The summed E-state index contributed by atoms with van der Waals surface area (Å²) in [6, 6.07) is 4.63. The molecule has 16 heavy (non-hydrogen) atoms. The van der Waals surface area contributed by atoms with Gasteiger partial charge in [0.1, 0.15) is 0 Å². The number of aryl methyl sites for hydroxylation is 1. The maximum absolute atomic E-state index is 3.75. The molecule has 1 aromatic heterocycles. The third-order valence-corrected chi connectivity index (χ3v) is 4.87. The molecule has 0 amide bonds. The first kappa shape index (κ1) is 12.1. The van der Waals surface area contributed by atoms with Gasteiger partial charge in [-0.2, -0.15) is 0 Å². The van der Waals surface area contributed by atoms with E-state index in [4.69, 9.17) is 0 Å². The SMILES string of the molecule is CCCC1(Cc2ccc(CC)s2)CCCN1. The van der Waals surface area contributed by atoms with Crippen molar-refractivity contribution in [1.82, 2.24) is 5.32 Å². The predicted octanol–water partition coefficient (Wildman–Crippen LogP) is 3.78. The van der Waals surface area contributed by atoms with Crippen molar-refractivity contribution in [2.24, 2.45) is 0 Å². The molecule has 0 bridgehead atoms. The fraction of sp³-hybridized carbons (Fsp3) is 0.714. The first-order valence-corrected chi connectivity index (χ1v) is 7.42. The van der Waals surface area contributed by atoms with Crippen molar-refractivity contribution in [1.29, 1.82) is 0 Å². The minimum atomic E-state index is 0.421. The molecule has 1 fully saturated rings. The van der Waals surface area contributed by atoms with E-state index in [1.54, 1.807) is 4.88 Å². The number of hydrogen-bond acceptors (Lipinski definition) is 2. The third-order valence-electron chi connectivity index (χ3n) is 3.64. The number of rotatable bonds is 5. The van der Waals surface area contributed by atoms with Crippen LogP contribution in [0.5, 0.6) is 0 Å². The molecule has 1 nitrogen and oxygen atoms in total. The fourth-order valence-corrected chi connectivity index (χ4v) is 3.94. The summed E-state index contributed by atoms with van der Waals surface area (Å²) < 4.78 is 0. The molecule has 0 spiro atoms. The van der Waals surface area contributed by atoms with Crippen LogP contribution in [0.15, 0.2) is 12.1 Å². The highest BCUT2D eigenvalue weighted by atomic mass is 32.1. The summed E-state index contributed by atoms with van der Waals surface area (Å²) in [5, 5.41) is 3.75. The van der Waals surface area contributed by atoms with Gasteiger partial charge in [0, 0.05) is 15.3 Å². The Hall–Kier alpha value is -0.340. The molecule has 0 saturated carbocycles. The van der Waals surface area contributed by atoms with E-state index >= 15 is 0 Å². The molecule has 90 valence electrons. The minimum absolute atomic E-state index is 0.421. The Labute approximate surface area is 103 Å². The Balaban J connectivity index is 2.05. The van der Waals surface area contributed by atoms with Crippen LogP contribution in [0.25, 0.3) is 0 Å². The first-order chi connectivity index (χ1) is 7.78. The maximum Gasteiger partial charge on any atom is 0.0230 e. The van der Waals surface area contributed by atoms with Crippen molar-refractivity contribution >= 4 is 11.3 Å². The molecule has 0 aliphatic carbocycles. The van der Waals surface area contributed by atoms with Gasteiger partial charge in [-0.05, 0) is 50.8 Å². The number of hydrogen-bond donors (Lipinski definition) is 1. The summed E-state index contributed by atoms with van der Waals surface area (Å²) in [4.78, 5) is 3.10. The Morgan fingerprint density at radius 3 is 2.69 bits per heavy atom. The van der Waals surface area contributed by atoms with Crippen molar-refractivity contribution in [2.75, 3.05) is 6.54 Å². The molecule has 2 heterocycles. The Kier molecular flexibility index (Phi) is 4.04. The monoisotopic (exact) mass is 237 g/mol. The Morgan fingerprint density at radius 2 is 2.12 bits per heavy atom. The van der Waals surface area contributed by atoms with Gasteiger partial charge in [0.05, 0.1) is 0 Å². The number of nitrogens with one attached hydrogen (secondary N) is 1. The van der Waals surface area contributed by atoms with Crippen LogP contribution in [0.4, 0.5) is 0 Å². The highest BCUT2D eigenvalue weighted by Crippen LogP contribution is 2.31. The van der Waals surface area contributed by atoms with Crippen molar-refractivity contribution < 1.29 is 0 Å². The molecule has 1 unspecified atom stereocenters. The molecule has 0 aromatic carbocycles. The average molecular weight is 237 g/mol. The summed E-state index contributed by atoms with van der Waals surface area (Å²) >= 11 is 2.00. The standard InChI is InChI=1S/C14H23NS/c1-3-8-14(9-5-10-15-14)11-13-7-6-12(4-2)16-13/h6-7,15H,3-5,8-11H2,1-2H3. The second-order valence-corrected chi connectivity index (χ2v) is 6.21. The summed E-state index contributed by atoms with van der Waals surface area (Å²) in [7, 11) is 0. The number of thiophene rings is 1. The highest BCUT2D eigenvalue weighted by molar-refractivity contribution is 7.12. The van der Waals surface area contributed by atoms with E-state index in [-0.39, 0.29) is 0 Å². The molecule has 1 aliphatic rings. The van der Waals surface area contributed by atoms with Crippen LogP contribution in [0, 0.1) is 0 Å². The van der Waals surface area contributed by atoms with Crippen LogP contribution in [-0.2, 0) is 12.8 Å².